The Morgan fingerprint density at radius 1 is 1.16 bits per heavy atom. The lowest BCUT2D eigenvalue weighted by Crippen LogP contribution is -2.50. The summed E-state index contributed by atoms with van der Waals surface area (Å²) >= 11 is 0. The molecule has 6 nitrogen and oxygen atoms in total. The average Bonchev–Trinajstić information content (AvgIpc) is 3.13. The van der Waals surface area contributed by atoms with E-state index in [9.17, 15) is 18.8 Å². The van der Waals surface area contributed by atoms with Gasteiger partial charge in [-0.2, -0.15) is 0 Å². The second-order valence-electron chi connectivity index (χ2n) is 9.63. The van der Waals surface area contributed by atoms with Gasteiger partial charge < -0.3 is 15.0 Å². The first-order valence-corrected chi connectivity index (χ1v) is 11.1. The molecule has 0 unspecified atom stereocenters. The van der Waals surface area contributed by atoms with Crippen molar-refractivity contribution in [1.29, 1.82) is 0 Å². The van der Waals surface area contributed by atoms with E-state index in [4.69, 9.17) is 4.74 Å². The van der Waals surface area contributed by atoms with E-state index in [1.807, 2.05) is 24.3 Å². The summed E-state index contributed by atoms with van der Waals surface area (Å²) < 4.78 is 19.0. The lowest BCUT2D eigenvalue weighted by Gasteiger charge is -2.26. The number of ketones is 1. The summed E-state index contributed by atoms with van der Waals surface area (Å²) in [6.45, 7) is 5.69. The number of carbonyl (C=O) groups is 3. The largest absolute Gasteiger partial charge is 0.444 e. The minimum absolute atomic E-state index is 0.0602. The van der Waals surface area contributed by atoms with Crippen molar-refractivity contribution in [3.63, 3.8) is 0 Å². The number of carbonyl (C=O) groups excluding carboxylic acids is 3. The van der Waals surface area contributed by atoms with Gasteiger partial charge in [-0.3, -0.25) is 9.59 Å². The van der Waals surface area contributed by atoms with Crippen molar-refractivity contribution < 1.29 is 23.5 Å². The van der Waals surface area contributed by atoms with Gasteiger partial charge in [0.05, 0.1) is 6.54 Å². The molecule has 1 aromatic carbocycles. The maximum Gasteiger partial charge on any atom is 0.408 e. The highest BCUT2D eigenvalue weighted by Gasteiger charge is 2.33. The van der Waals surface area contributed by atoms with Gasteiger partial charge in [-0.15, -0.1) is 0 Å². The molecule has 0 bridgehead atoms. The molecule has 1 heterocycles. The van der Waals surface area contributed by atoms with Crippen molar-refractivity contribution in [2.75, 3.05) is 13.1 Å². The van der Waals surface area contributed by atoms with Gasteiger partial charge in [-0.25, -0.2) is 9.18 Å². The van der Waals surface area contributed by atoms with E-state index < -0.39 is 23.9 Å². The third kappa shape index (κ3) is 6.77. The van der Waals surface area contributed by atoms with Gasteiger partial charge in [-0.05, 0) is 57.1 Å². The molecule has 1 N–H and O–H groups in total. The van der Waals surface area contributed by atoms with Gasteiger partial charge in [0.2, 0.25) is 5.91 Å². The number of alkyl carbamates (subject to hydrolysis) is 1. The van der Waals surface area contributed by atoms with Crippen molar-refractivity contribution in [2.45, 2.75) is 83.0 Å². The number of hydrogen-bond acceptors (Lipinski definition) is 4. The normalized spacial score (nSPS) is 21.1. The Balaban J connectivity index is 1.68. The van der Waals surface area contributed by atoms with Crippen LogP contribution < -0.4 is 5.32 Å². The second kappa shape index (κ2) is 9.79. The molecule has 2 fully saturated rings. The molecule has 1 saturated heterocycles. The van der Waals surface area contributed by atoms with Crippen LogP contribution >= 0.6 is 0 Å². The molecule has 0 spiro atoms. The summed E-state index contributed by atoms with van der Waals surface area (Å²) in [5.74, 6) is 0.427. The van der Waals surface area contributed by atoms with Crippen molar-refractivity contribution in [3.05, 3.63) is 35.4 Å². The number of rotatable bonds is 5. The summed E-state index contributed by atoms with van der Waals surface area (Å²) in [6, 6.07) is 7.18. The van der Waals surface area contributed by atoms with Gasteiger partial charge in [0.25, 0.3) is 0 Å². The number of nitrogens with one attached hydrogen (secondary N) is 1. The van der Waals surface area contributed by atoms with Crippen molar-refractivity contribution in [3.8, 4) is 0 Å². The molecular weight excluding hydrogens is 399 g/mol. The van der Waals surface area contributed by atoms with Crippen LogP contribution in [0.2, 0.25) is 0 Å². The highest BCUT2D eigenvalue weighted by atomic mass is 19.1. The minimum Gasteiger partial charge on any atom is -0.444 e. The van der Waals surface area contributed by atoms with E-state index in [0.717, 1.165) is 18.4 Å². The molecule has 170 valence electrons. The molecule has 0 aromatic heterocycles. The first-order valence-electron chi connectivity index (χ1n) is 11.1. The maximum atomic E-state index is 13.6. The number of likely N-dealkylation sites (tertiary alicyclic amines) is 1. The Hall–Kier alpha value is -2.44. The smallest absolute Gasteiger partial charge is 0.408 e. The molecule has 3 rings (SSSR count). The third-order valence-corrected chi connectivity index (χ3v) is 5.87. The number of ether oxygens (including phenoxy) is 1. The van der Waals surface area contributed by atoms with Crippen LogP contribution in [0.4, 0.5) is 9.18 Å². The van der Waals surface area contributed by atoms with Crippen LogP contribution in [-0.2, 0) is 20.7 Å². The van der Waals surface area contributed by atoms with Crippen LogP contribution in [0.5, 0.6) is 0 Å². The Labute approximate surface area is 183 Å². The molecule has 2 atom stereocenters. The maximum absolute atomic E-state index is 13.6. The highest BCUT2D eigenvalue weighted by Crippen LogP contribution is 2.31. The average molecular weight is 433 g/mol. The standard InChI is InChI=1S/C24H33FN2O4/c1-24(2,3)31-23(30)26-21(22(29)27-13-12-19(25)15-27)14-16-4-6-17(7-5-16)18-8-10-20(28)11-9-18/h4-7,18-19,21H,8-15H2,1-3H3,(H,26,30)/t19-,21-/m0/s1. The first kappa shape index (κ1) is 23.2. The van der Waals surface area contributed by atoms with E-state index >= 15 is 0 Å². The van der Waals surface area contributed by atoms with Crippen LogP contribution in [0.15, 0.2) is 24.3 Å². The Morgan fingerprint density at radius 3 is 2.35 bits per heavy atom. The fourth-order valence-corrected chi connectivity index (χ4v) is 4.22. The zero-order chi connectivity index (χ0) is 22.6. The van der Waals surface area contributed by atoms with Gasteiger partial charge in [-0.1, -0.05) is 24.3 Å². The molecule has 1 saturated carbocycles. The molecule has 1 aromatic rings. The van der Waals surface area contributed by atoms with Crippen molar-refractivity contribution >= 4 is 17.8 Å². The number of amides is 2. The predicted octanol–water partition coefficient (Wildman–Crippen LogP) is 3.92. The highest BCUT2D eigenvalue weighted by molar-refractivity contribution is 5.86. The van der Waals surface area contributed by atoms with Gasteiger partial charge in [0, 0.05) is 25.8 Å². The van der Waals surface area contributed by atoms with Gasteiger partial charge in [0.1, 0.15) is 23.6 Å². The van der Waals surface area contributed by atoms with Crippen LogP contribution in [-0.4, -0.2) is 53.6 Å². The monoisotopic (exact) mass is 432 g/mol. The number of benzene rings is 1. The Bertz CT molecular complexity index is 793. The predicted molar refractivity (Wildman–Crippen MR) is 116 cm³/mol. The van der Waals surface area contributed by atoms with E-state index in [2.05, 4.69) is 5.32 Å². The zero-order valence-corrected chi connectivity index (χ0v) is 18.7. The van der Waals surface area contributed by atoms with Gasteiger partial charge >= 0.3 is 6.09 Å². The molecule has 2 amide bonds. The topological polar surface area (TPSA) is 75.7 Å². The lowest BCUT2D eigenvalue weighted by molar-refractivity contribution is -0.132. The quantitative estimate of drug-likeness (QED) is 0.765. The summed E-state index contributed by atoms with van der Waals surface area (Å²) in [5, 5.41) is 2.68. The molecular formula is C24H33FN2O4. The molecule has 7 heteroatoms. The Kier molecular flexibility index (Phi) is 7.34. The molecule has 0 radical (unpaired) electrons. The summed E-state index contributed by atoms with van der Waals surface area (Å²) in [7, 11) is 0. The number of nitrogens with zero attached hydrogens (tertiary/aromatic N) is 1. The molecule has 1 aliphatic carbocycles. The fourth-order valence-electron chi connectivity index (χ4n) is 4.22. The van der Waals surface area contributed by atoms with Crippen LogP contribution in [0, 0.1) is 0 Å². The number of hydrogen-bond donors (Lipinski definition) is 1. The molecule has 31 heavy (non-hydrogen) atoms. The fraction of sp³-hybridized carbons (Fsp3) is 0.625. The van der Waals surface area contributed by atoms with E-state index in [0.29, 0.717) is 43.9 Å². The van der Waals surface area contributed by atoms with Crippen LogP contribution in [0.3, 0.4) is 0 Å². The van der Waals surface area contributed by atoms with Crippen molar-refractivity contribution in [1.82, 2.24) is 10.2 Å². The minimum atomic E-state index is -1.02. The molecule has 2 aliphatic rings. The number of halogens is 1. The van der Waals surface area contributed by atoms with Crippen LogP contribution in [0.25, 0.3) is 0 Å². The summed E-state index contributed by atoms with van der Waals surface area (Å²) in [4.78, 5) is 38.3. The molecule has 1 aliphatic heterocycles. The second-order valence-corrected chi connectivity index (χ2v) is 9.63. The Morgan fingerprint density at radius 2 is 1.81 bits per heavy atom. The van der Waals surface area contributed by atoms with E-state index in [1.54, 1.807) is 20.8 Å². The zero-order valence-electron chi connectivity index (χ0n) is 18.7. The van der Waals surface area contributed by atoms with Crippen molar-refractivity contribution in [2.24, 2.45) is 0 Å². The van der Waals surface area contributed by atoms with E-state index in [1.165, 1.54) is 10.5 Å². The summed E-state index contributed by atoms with van der Waals surface area (Å²) in [5.41, 5.74) is 1.42. The summed E-state index contributed by atoms with van der Waals surface area (Å²) in [6.07, 6.45) is 1.96. The van der Waals surface area contributed by atoms with E-state index in [-0.39, 0.29) is 12.5 Å². The third-order valence-electron chi connectivity index (χ3n) is 5.87. The SMILES string of the molecule is CC(C)(C)OC(=O)N[C@@H](Cc1ccc(C2CCC(=O)CC2)cc1)C(=O)N1CC[C@H](F)C1. The number of Topliss-reactive ketones (excluding diaryl/α,β-unsaturated/α-hetero) is 1. The lowest BCUT2D eigenvalue weighted by atomic mass is 9.83. The van der Waals surface area contributed by atoms with Crippen LogP contribution in [0.1, 0.15) is 69.9 Å². The number of alkyl halides is 1. The van der Waals surface area contributed by atoms with Gasteiger partial charge in [0.15, 0.2) is 0 Å². The first-order chi connectivity index (χ1) is 14.6.